The van der Waals surface area contributed by atoms with E-state index < -0.39 is 17.2 Å². The molecule has 2 aromatic carbocycles. The van der Waals surface area contributed by atoms with E-state index in [2.05, 4.69) is 10.2 Å². The quantitative estimate of drug-likeness (QED) is 0.572. The van der Waals surface area contributed by atoms with E-state index in [0.717, 1.165) is 16.8 Å². The molecule has 0 aliphatic heterocycles. The number of benzene rings is 2. The standard InChI is InChI=1S/C20H14F3N5O/c21-20(22,23)13-5-4-8-15(11-13)27-12-16(24)19(29)18(26-27)17-9-10-25-28(17)14-6-2-1-3-7-14/h1-12H,24H2. The van der Waals surface area contributed by atoms with Crippen molar-refractivity contribution in [3.63, 3.8) is 0 Å². The van der Waals surface area contributed by atoms with Gasteiger partial charge in [-0.3, -0.25) is 4.79 Å². The summed E-state index contributed by atoms with van der Waals surface area (Å²) in [4.78, 5) is 12.6. The molecular weight excluding hydrogens is 383 g/mol. The van der Waals surface area contributed by atoms with Crippen LogP contribution in [0.25, 0.3) is 22.8 Å². The predicted octanol–water partition coefficient (Wildman–Crippen LogP) is 3.69. The first kappa shape index (κ1) is 18.5. The number of rotatable bonds is 3. The minimum atomic E-state index is -4.50. The molecule has 4 rings (SSSR count). The van der Waals surface area contributed by atoms with Crippen LogP contribution in [0.15, 0.2) is 77.9 Å². The molecule has 2 heterocycles. The highest BCUT2D eigenvalue weighted by Gasteiger charge is 2.30. The van der Waals surface area contributed by atoms with Crippen LogP contribution < -0.4 is 11.2 Å². The van der Waals surface area contributed by atoms with Gasteiger partial charge in [0.1, 0.15) is 5.69 Å². The normalized spacial score (nSPS) is 11.6. The second-order valence-corrected chi connectivity index (χ2v) is 6.22. The number of nitrogen functional groups attached to an aromatic ring is 1. The fourth-order valence-electron chi connectivity index (χ4n) is 2.89. The molecule has 0 spiro atoms. The first-order chi connectivity index (χ1) is 13.8. The average molecular weight is 397 g/mol. The molecule has 0 unspecified atom stereocenters. The van der Waals surface area contributed by atoms with Gasteiger partial charge in [-0.15, -0.1) is 0 Å². The Bertz CT molecular complexity index is 1230. The zero-order valence-electron chi connectivity index (χ0n) is 14.8. The molecule has 146 valence electrons. The minimum absolute atomic E-state index is 0.0243. The van der Waals surface area contributed by atoms with Crippen LogP contribution >= 0.6 is 0 Å². The van der Waals surface area contributed by atoms with E-state index in [1.54, 1.807) is 18.2 Å². The molecule has 0 bridgehead atoms. The van der Waals surface area contributed by atoms with Crippen LogP contribution in [-0.2, 0) is 6.18 Å². The highest BCUT2D eigenvalue weighted by atomic mass is 19.4. The Morgan fingerprint density at radius 1 is 0.931 bits per heavy atom. The van der Waals surface area contributed by atoms with Gasteiger partial charge in [0.05, 0.1) is 35.0 Å². The lowest BCUT2D eigenvalue weighted by atomic mass is 10.2. The molecule has 0 fully saturated rings. The number of nitrogens with two attached hydrogens (primary N) is 1. The topological polar surface area (TPSA) is 78.7 Å². The lowest BCUT2D eigenvalue weighted by Gasteiger charge is -2.13. The van der Waals surface area contributed by atoms with Crippen molar-refractivity contribution < 1.29 is 13.2 Å². The molecule has 9 heteroatoms. The van der Waals surface area contributed by atoms with Crippen molar-refractivity contribution in [1.82, 2.24) is 19.6 Å². The van der Waals surface area contributed by atoms with E-state index in [0.29, 0.717) is 11.4 Å². The van der Waals surface area contributed by atoms with Gasteiger partial charge in [0.25, 0.3) is 0 Å². The number of para-hydroxylation sites is 1. The number of nitrogens with zero attached hydrogens (tertiary/aromatic N) is 4. The molecule has 0 radical (unpaired) electrons. The van der Waals surface area contributed by atoms with Crippen molar-refractivity contribution >= 4 is 5.69 Å². The zero-order chi connectivity index (χ0) is 20.6. The fourth-order valence-corrected chi connectivity index (χ4v) is 2.89. The van der Waals surface area contributed by atoms with E-state index in [4.69, 9.17) is 5.73 Å². The second kappa shape index (κ2) is 6.93. The predicted molar refractivity (Wildman–Crippen MR) is 102 cm³/mol. The summed E-state index contributed by atoms with van der Waals surface area (Å²) in [7, 11) is 0. The zero-order valence-corrected chi connectivity index (χ0v) is 14.8. The van der Waals surface area contributed by atoms with Crippen molar-refractivity contribution in [2.24, 2.45) is 0 Å². The van der Waals surface area contributed by atoms with Gasteiger partial charge in [-0.1, -0.05) is 24.3 Å². The minimum Gasteiger partial charge on any atom is -0.394 e. The summed E-state index contributed by atoms with van der Waals surface area (Å²) in [5.74, 6) is 0. The van der Waals surface area contributed by atoms with E-state index >= 15 is 0 Å². The van der Waals surface area contributed by atoms with Crippen molar-refractivity contribution in [3.05, 3.63) is 88.8 Å². The summed E-state index contributed by atoms with van der Waals surface area (Å²) in [6, 6.07) is 15.3. The van der Waals surface area contributed by atoms with Crippen LogP contribution in [0.3, 0.4) is 0 Å². The van der Waals surface area contributed by atoms with Crippen molar-refractivity contribution in [1.29, 1.82) is 0 Å². The maximum absolute atomic E-state index is 13.1. The van der Waals surface area contributed by atoms with Gasteiger partial charge < -0.3 is 5.73 Å². The number of halogens is 3. The van der Waals surface area contributed by atoms with E-state index in [9.17, 15) is 18.0 Å². The third-order valence-corrected chi connectivity index (χ3v) is 4.27. The van der Waals surface area contributed by atoms with Crippen LogP contribution in [0.1, 0.15) is 5.56 Å². The monoisotopic (exact) mass is 397 g/mol. The number of anilines is 1. The molecule has 0 amide bonds. The summed E-state index contributed by atoms with van der Waals surface area (Å²) in [6.07, 6.45) is -1.80. The Morgan fingerprint density at radius 3 is 2.38 bits per heavy atom. The van der Waals surface area contributed by atoms with Crippen molar-refractivity contribution in [2.75, 3.05) is 5.73 Å². The SMILES string of the molecule is Nc1cn(-c2cccc(C(F)(F)F)c2)nc(-c2ccnn2-c2ccccc2)c1=O. The Labute approximate surface area is 162 Å². The molecule has 4 aromatic rings. The summed E-state index contributed by atoms with van der Waals surface area (Å²) in [5, 5.41) is 8.47. The third-order valence-electron chi connectivity index (χ3n) is 4.27. The smallest absolute Gasteiger partial charge is 0.394 e. The molecular formula is C20H14F3N5O. The summed E-state index contributed by atoms with van der Waals surface area (Å²) in [5.41, 5.74) is 5.51. The van der Waals surface area contributed by atoms with Gasteiger partial charge in [0, 0.05) is 0 Å². The summed E-state index contributed by atoms with van der Waals surface area (Å²) < 4.78 is 41.8. The molecule has 6 nitrogen and oxygen atoms in total. The van der Waals surface area contributed by atoms with Gasteiger partial charge in [0.2, 0.25) is 5.43 Å². The van der Waals surface area contributed by atoms with Gasteiger partial charge in [-0.25, -0.2) is 9.36 Å². The fraction of sp³-hybridized carbons (Fsp3) is 0.0500. The van der Waals surface area contributed by atoms with E-state index in [-0.39, 0.29) is 17.1 Å². The molecule has 0 atom stereocenters. The van der Waals surface area contributed by atoms with Crippen LogP contribution in [0, 0.1) is 0 Å². The Kier molecular flexibility index (Phi) is 4.42. The van der Waals surface area contributed by atoms with E-state index in [1.807, 2.05) is 18.2 Å². The first-order valence-corrected chi connectivity index (χ1v) is 8.51. The average Bonchev–Trinajstić information content (AvgIpc) is 3.20. The number of alkyl halides is 3. The Hall–Kier alpha value is -3.88. The molecule has 2 N–H and O–H groups in total. The van der Waals surface area contributed by atoms with Gasteiger partial charge in [-0.2, -0.15) is 23.4 Å². The van der Waals surface area contributed by atoms with Gasteiger partial charge >= 0.3 is 6.18 Å². The molecule has 0 saturated heterocycles. The van der Waals surface area contributed by atoms with Gasteiger partial charge in [0.15, 0.2) is 5.69 Å². The molecule has 2 aromatic heterocycles. The first-order valence-electron chi connectivity index (χ1n) is 8.51. The van der Waals surface area contributed by atoms with Gasteiger partial charge in [-0.05, 0) is 36.4 Å². The molecule has 29 heavy (non-hydrogen) atoms. The Morgan fingerprint density at radius 2 is 1.66 bits per heavy atom. The largest absolute Gasteiger partial charge is 0.416 e. The van der Waals surface area contributed by atoms with E-state index in [1.165, 1.54) is 29.2 Å². The Balaban J connectivity index is 1.88. The maximum atomic E-state index is 13.1. The second-order valence-electron chi connectivity index (χ2n) is 6.22. The number of hydrogen-bond acceptors (Lipinski definition) is 4. The highest BCUT2D eigenvalue weighted by molar-refractivity contribution is 5.61. The lowest BCUT2D eigenvalue weighted by molar-refractivity contribution is -0.137. The highest BCUT2D eigenvalue weighted by Crippen LogP contribution is 2.30. The molecule has 0 aliphatic rings. The molecule has 0 aliphatic carbocycles. The van der Waals surface area contributed by atoms with Crippen molar-refractivity contribution in [3.8, 4) is 22.8 Å². The van der Waals surface area contributed by atoms with Crippen LogP contribution in [-0.4, -0.2) is 19.6 Å². The molecule has 0 saturated carbocycles. The number of hydrogen-bond donors (Lipinski definition) is 1. The summed E-state index contributed by atoms with van der Waals surface area (Å²) >= 11 is 0. The van der Waals surface area contributed by atoms with Crippen LogP contribution in [0.4, 0.5) is 18.9 Å². The van der Waals surface area contributed by atoms with Crippen molar-refractivity contribution in [2.45, 2.75) is 6.18 Å². The third kappa shape index (κ3) is 3.49. The summed E-state index contributed by atoms with van der Waals surface area (Å²) in [6.45, 7) is 0. The maximum Gasteiger partial charge on any atom is 0.416 e. The lowest BCUT2D eigenvalue weighted by Crippen LogP contribution is -2.19. The van der Waals surface area contributed by atoms with Crippen LogP contribution in [0.5, 0.6) is 0 Å². The number of aromatic nitrogens is 4. The van der Waals surface area contributed by atoms with Crippen LogP contribution in [0.2, 0.25) is 0 Å².